The minimum Gasteiger partial charge on any atom is -0.493 e. The van der Waals surface area contributed by atoms with Gasteiger partial charge in [0.1, 0.15) is 0 Å². The summed E-state index contributed by atoms with van der Waals surface area (Å²) in [5.74, 6) is 2.86. The fraction of sp³-hybridized carbons (Fsp3) is 0.350. The Morgan fingerprint density at radius 1 is 1.04 bits per heavy atom. The van der Waals surface area contributed by atoms with E-state index in [0.717, 1.165) is 34.6 Å². The summed E-state index contributed by atoms with van der Waals surface area (Å²) in [6.07, 6.45) is 1.77. The lowest BCUT2D eigenvalue weighted by atomic mass is 10.1. The van der Waals surface area contributed by atoms with E-state index in [1.54, 1.807) is 26.0 Å². The molecule has 4 nitrogen and oxygen atoms in total. The molecule has 0 aliphatic rings. The molecule has 0 spiro atoms. The molecular formula is C20H24BrNO3S. The van der Waals surface area contributed by atoms with Gasteiger partial charge in [-0.2, -0.15) is 0 Å². The van der Waals surface area contributed by atoms with Crippen LogP contribution in [-0.2, 0) is 17.0 Å². The number of carbonyl (C=O) groups excluding carboxylic acids is 1. The van der Waals surface area contributed by atoms with E-state index < -0.39 is 0 Å². The SMILES string of the molecule is COc1ccc(CCCNC(=O)CSCc2ccc(Br)cc2)cc1OC. The standard InChI is InChI=1S/C20H24BrNO3S/c1-24-18-10-7-15(12-19(18)25-2)4-3-11-22-20(23)14-26-13-16-5-8-17(21)9-6-16/h5-10,12H,3-4,11,13-14H2,1-2H3,(H,22,23). The van der Waals surface area contributed by atoms with Crippen LogP contribution in [0.15, 0.2) is 46.9 Å². The molecule has 0 saturated heterocycles. The predicted octanol–water partition coefficient (Wildman–Crippen LogP) is 4.45. The first-order chi connectivity index (χ1) is 12.6. The van der Waals surface area contributed by atoms with Gasteiger partial charge in [-0.3, -0.25) is 4.79 Å². The smallest absolute Gasteiger partial charge is 0.230 e. The zero-order valence-corrected chi connectivity index (χ0v) is 17.5. The number of aryl methyl sites for hydroxylation is 1. The van der Waals surface area contributed by atoms with Crippen molar-refractivity contribution in [2.75, 3.05) is 26.5 Å². The minimum atomic E-state index is 0.0828. The molecule has 0 aliphatic heterocycles. The quantitative estimate of drug-likeness (QED) is 0.557. The molecular weight excluding hydrogens is 414 g/mol. The first kappa shape index (κ1) is 20.6. The molecule has 1 N–H and O–H groups in total. The number of benzene rings is 2. The van der Waals surface area contributed by atoms with Gasteiger partial charge >= 0.3 is 0 Å². The van der Waals surface area contributed by atoms with Crippen molar-refractivity contribution in [3.05, 3.63) is 58.1 Å². The Morgan fingerprint density at radius 2 is 1.73 bits per heavy atom. The topological polar surface area (TPSA) is 47.6 Å². The number of methoxy groups -OCH3 is 2. The summed E-state index contributed by atoms with van der Waals surface area (Å²) < 4.78 is 11.6. The van der Waals surface area contributed by atoms with E-state index >= 15 is 0 Å². The Labute approximate surface area is 167 Å². The monoisotopic (exact) mass is 437 g/mol. The second kappa shape index (κ2) is 11.1. The largest absolute Gasteiger partial charge is 0.493 e. The fourth-order valence-electron chi connectivity index (χ4n) is 2.45. The van der Waals surface area contributed by atoms with Gasteiger partial charge < -0.3 is 14.8 Å². The molecule has 1 amide bonds. The molecule has 0 fully saturated rings. The van der Waals surface area contributed by atoms with Crippen LogP contribution in [0.3, 0.4) is 0 Å². The third-order valence-electron chi connectivity index (χ3n) is 3.83. The third kappa shape index (κ3) is 6.92. The van der Waals surface area contributed by atoms with Crippen molar-refractivity contribution in [2.24, 2.45) is 0 Å². The van der Waals surface area contributed by atoms with Gasteiger partial charge in [0.15, 0.2) is 11.5 Å². The summed E-state index contributed by atoms with van der Waals surface area (Å²) >= 11 is 5.05. The lowest BCUT2D eigenvalue weighted by Gasteiger charge is -2.10. The van der Waals surface area contributed by atoms with Crippen molar-refractivity contribution < 1.29 is 14.3 Å². The number of ether oxygens (including phenoxy) is 2. The number of hydrogen-bond donors (Lipinski definition) is 1. The minimum absolute atomic E-state index is 0.0828. The molecule has 140 valence electrons. The van der Waals surface area contributed by atoms with Gasteiger partial charge in [0.2, 0.25) is 5.91 Å². The van der Waals surface area contributed by atoms with E-state index in [1.165, 1.54) is 11.1 Å². The second-order valence-corrected chi connectivity index (χ2v) is 7.66. The summed E-state index contributed by atoms with van der Waals surface area (Å²) in [4.78, 5) is 11.9. The van der Waals surface area contributed by atoms with Crippen LogP contribution in [0.2, 0.25) is 0 Å². The van der Waals surface area contributed by atoms with Crippen LogP contribution < -0.4 is 14.8 Å². The molecule has 26 heavy (non-hydrogen) atoms. The van der Waals surface area contributed by atoms with E-state index in [9.17, 15) is 4.79 Å². The van der Waals surface area contributed by atoms with Crippen molar-refractivity contribution >= 4 is 33.6 Å². The van der Waals surface area contributed by atoms with Crippen molar-refractivity contribution in [3.8, 4) is 11.5 Å². The van der Waals surface area contributed by atoms with E-state index in [0.29, 0.717) is 12.3 Å². The number of hydrogen-bond acceptors (Lipinski definition) is 4. The van der Waals surface area contributed by atoms with Crippen LogP contribution in [0.25, 0.3) is 0 Å². The summed E-state index contributed by atoms with van der Waals surface area (Å²) in [7, 11) is 3.26. The molecule has 0 bridgehead atoms. The van der Waals surface area contributed by atoms with E-state index in [4.69, 9.17) is 9.47 Å². The molecule has 0 atom stereocenters. The zero-order valence-electron chi connectivity index (χ0n) is 15.1. The molecule has 2 rings (SSSR count). The molecule has 0 aromatic heterocycles. The first-order valence-corrected chi connectivity index (χ1v) is 10.4. The van der Waals surface area contributed by atoms with E-state index in [1.807, 2.05) is 30.3 Å². The van der Waals surface area contributed by atoms with Crippen LogP contribution >= 0.6 is 27.7 Å². The molecule has 0 aliphatic carbocycles. The molecule has 2 aromatic carbocycles. The number of halogens is 1. The van der Waals surface area contributed by atoms with E-state index in [-0.39, 0.29) is 5.91 Å². The average Bonchev–Trinajstić information content (AvgIpc) is 2.66. The molecule has 2 aromatic rings. The number of rotatable bonds is 10. The number of amides is 1. The maximum absolute atomic E-state index is 11.9. The van der Waals surface area contributed by atoms with Crippen molar-refractivity contribution in [2.45, 2.75) is 18.6 Å². The van der Waals surface area contributed by atoms with E-state index in [2.05, 4.69) is 33.4 Å². The lowest BCUT2D eigenvalue weighted by molar-refractivity contribution is -0.118. The molecule has 0 unspecified atom stereocenters. The second-order valence-electron chi connectivity index (χ2n) is 5.76. The molecule has 0 heterocycles. The van der Waals surface area contributed by atoms with Crippen LogP contribution in [0.5, 0.6) is 11.5 Å². The average molecular weight is 438 g/mol. The fourth-order valence-corrected chi connectivity index (χ4v) is 3.53. The predicted molar refractivity (Wildman–Crippen MR) is 111 cm³/mol. The maximum Gasteiger partial charge on any atom is 0.230 e. The van der Waals surface area contributed by atoms with Gasteiger partial charge in [0.25, 0.3) is 0 Å². The highest BCUT2D eigenvalue weighted by atomic mass is 79.9. The highest BCUT2D eigenvalue weighted by molar-refractivity contribution is 9.10. The summed E-state index contributed by atoms with van der Waals surface area (Å²) in [5, 5.41) is 2.98. The van der Waals surface area contributed by atoms with Gasteiger partial charge in [0, 0.05) is 16.8 Å². The molecule has 6 heteroatoms. The molecule has 0 saturated carbocycles. The first-order valence-electron chi connectivity index (χ1n) is 8.42. The number of carbonyl (C=O) groups is 1. The normalized spacial score (nSPS) is 10.4. The van der Waals surface area contributed by atoms with Gasteiger partial charge in [-0.15, -0.1) is 11.8 Å². The van der Waals surface area contributed by atoms with Crippen LogP contribution in [0.1, 0.15) is 17.5 Å². The van der Waals surface area contributed by atoms with Crippen LogP contribution in [-0.4, -0.2) is 32.4 Å². The Balaban J connectivity index is 1.63. The third-order valence-corrected chi connectivity index (χ3v) is 5.36. The lowest BCUT2D eigenvalue weighted by Crippen LogP contribution is -2.26. The van der Waals surface area contributed by atoms with Gasteiger partial charge in [-0.05, 0) is 48.2 Å². The summed E-state index contributed by atoms with van der Waals surface area (Å²) in [6.45, 7) is 0.673. The maximum atomic E-state index is 11.9. The van der Waals surface area contributed by atoms with Crippen LogP contribution in [0, 0.1) is 0 Å². The Hall–Kier alpha value is -1.66. The number of thioether (sulfide) groups is 1. The summed E-state index contributed by atoms with van der Waals surface area (Å²) in [5.41, 5.74) is 2.39. The Morgan fingerprint density at radius 3 is 2.42 bits per heavy atom. The molecule has 0 radical (unpaired) electrons. The van der Waals surface area contributed by atoms with Crippen molar-refractivity contribution in [1.29, 1.82) is 0 Å². The Kier molecular flexibility index (Phi) is 8.85. The summed E-state index contributed by atoms with van der Waals surface area (Å²) in [6, 6.07) is 14.1. The zero-order chi connectivity index (χ0) is 18.8. The van der Waals surface area contributed by atoms with Gasteiger partial charge in [0.05, 0.1) is 20.0 Å². The highest BCUT2D eigenvalue weighted by Crippen LogP contribution is 2.27. The highest BCUT2D eigenvalue weighted by Gasteiger charge is 2.05. The number of nitrogens with one attached hydrogen (secondary N) is 1. The van der Waals surface area contributed by atoms with Gasteiger partial charge in [-0.1, -0.05) is 34.1 Å². The van der Waals surface area contributed by atoms with Gasteiger partial charge in [-0.25, -0.2) is 0 Å². The van der Waals surface area contributed by atoms with Crippen molar-refractivity contribution in [1.82, 2.24) is 5.32 Å². The van der Waals surface area contributed by atoms with Crippen molar-refractivity contribution in [3.63, 3.8) is 0 Å². The Bertz CT molecular complexity index is 707. The van der Waals surface area contributed by atoms with Crippen LogP contribution in [0.4, 0.5) is 0 Å².